The van der Waals surface area contributed by atoms with E-state index >= 15 is 0 Å². The fraction of sp³-hybridized carbons (Fsp3) is 0.269. The maximum atomic E-state index is 13.6. The van der Waals surface area contributed by atoms with Gasteiger partial charge < -0.3 is 23.8 Å². The summed E-state index contributed by atoms with van der Waals surface area (Å²) in [6.45, 7) is 0.865. The molecule has 3 aromatic rings. The highest BCUT2D eigenvalue weighted by atomic mass is 79.9. The predicted molar refractivity (Wildman–Crippen MR) is 130 cm³/mol. The summed E-state index contributed by atoms with van der Waals surface area (Å²) in [6.07, 6.45) is 0.713. The highest BCUT2D eigenvalue weighted by Gasteiger charge is 2.34. The number of carbonyl (C=O) groups excluding carboxylic acids is 1. The molecule has 0 fully saturated rings. The third-order valence-electron chi connectivity index (χ3n) is 5.84. The molecule has 0 spiro atoms. The first-order chi connectivity index (χ1) is 16.0. The third-order valence-corrected chi connectivity index (χ3v) is 6.53. The number of rotatable bonds is 7. The van der Waals surface area contributed by atoms with E-state index in [4.69, 9.17) is 18.9 Å². The number of methoxy groups -OCH3 is 3. The SMILES string of the molecule is COc1ccc(OC[C@H]2c3cc(OC)c(OC)cc3CCN2C(=O)c2ccccc2Br)cc1. The number of halogens is 1. The molecule has 1 aliphatic heterocycles. The molecule has 1 atom stereocenters. The molecule has 0 aliphatic carbocycles. The zero-order valence-corrected chi connectivity index (χ0v) is 20.4. The van der Waals surface area contributed by atoms with Crippen molar-refractivity contribution in [1.82, 2.24) is 4.90 Å². The van der Waals surface area contributed by atoms with Gasteiger partial charge in [-0.05, 0) is 82.0 Å². The van der Waals surface area contributed by atoms with Gasteiger partial charge in [0.25, 0.3) is 5.91 Å². The second kappa shape index (κ2) is 10.2. The normalized spacial score (nSPS) is 14.9. The molecule has 0 saturated carbocycles. The molecule has 0 radical (unpaired) electrons. The summed E-state index contributed by atoms with van der Waals surface area (Å²) in [6, 6.07) is 18.5. The quantitative estimate of drug-likeness (QED) is 0.431. The smallest absolute Gasteiger partial charge is 0.255 e. The van der Waals surface area contributed by atoms with E-state index in [2.05, 4.69) is 15.9 Å². The van der Waals surface area contributed by atoms with E-state index in [-0.39, 0.29) is 11.9 Å². The summed E-state index contributed by atoms with van der Waals surface area (Å²) in [5, 5.41) is 0. The molecule has 6 nitrogen and oxygen atoms in total. The Bertz CT molecular complexity index is 1130. The summed E-state index contributed by atoms with van der Waals surface area (Å²) < 4.78 is 23.2. The molecule has 1 heterocycles. The van der Waals surface area contributed by atoms with Crippen molar-refractivity contribution in [3.8, 4) is 23.0 Å². The fourth-order valence-corrected chi connectivity index (χ4v) is 4.54. The van der Waals surface area contributed by atoms with Crippen molar-refractivity contribution in [1.29, 1.82) is 0 Å². The van der Waals surface area contributed by atoms with Crippen LogP contribution < -0.4 is 18.9 Å². The Morgan fingerprint density at radius 1 is 0.939 bits per heavy atom. The molecule has 4 rings (SSSR count). The molecule has 0 N–H and O–H groups in total. The van der Waals surface area contributed by atoms with Crippen LogP contribution in [-0.2, 0) is 6.42 Å². The molecule has 0 bridgehead atoms. The lowest BCUT2D eigenvalue weighted by Gasteiger charge is -2.38. The lowest BCUT2D eigenvalue weighted by molar-refractivity contribution is 0.0588. The largest absolute Gasteiger partial charge is 0.497 e. The van der Waals surface area contributed by atoms with Gasteiger partial charge in [-0.15, -0.1) is 0 Å². The number of fused-ring (bicyclic) bond motifs is 1. The minimum absolute atomic E-state index is 0.0498. The Morgan fingerprint density at radius 2 is 1.61 bits per heavy atom. The molecule has 0 saturated heterocycles. The monoisotopic (exact) mass is 511 g/mol. The van der Waals surface area contributed by atoms with E-state index in [0.717, 1.165) is 21.3 Å². The van der Waals surface area contributed by atoms with Crippen molar-refractivity contribution in [3.63, 3.8) is 0 Å². The zero-order valence-electron chi connectivity index (χ0n) is 18.8. The Labute approximate surface area is 202 Å². The average molecular weight is 512 g/mol. The van der Waals surface area contributed by atoms with Gasteiger partial charge in [0.15, 0.2) is 11.5 Å². The predicted octanol–water partition coefficient (Wildman–Crippen LogP) is 5.29. The highest BCUT2D eigenvalue weighted by Crippen LogP contribution is 2.39. The summed E-state index contributed by atoms with van der Waals surface area (Å²) in [5.41, 5.74) is 2.73. The van der Waals surface area contributed by atoms with Crippen LogP contribution in [0, 0.1) is 0 Å². The highest BCUT2D eigenvalue weighted by molar-refractivity contribution is 9.10. The number of hydrogen-bond donors (Lipinski definition) is 0. The van der Waals surface area contributed by atoms with Gasteiger partial charge in [-0.25, -0.2) is 0 Å². The molecular weight excluding hydrogens is 486 g/mol. The van der Waals surface area contributed by atoms with Crippen molar-refractivity contribution in [2.24, 2.45) is 0 Å². The van der Waals surface area contributed by atoms with Crippen LogP contribution in [0.25, 0.3) is 0 Å². The van der Waals surface area contributed by atoms with E-state index < -0.39 is 0 Å². The van der Waals surface area contributed by atoms with Crippen molar-refractivity contribution in [3.05, 3.63) is 81.8 Å². The number of carbonyl (C=O) groups is 1. The summed E-state index contributed by atoms with van der Waals surface area (Å²) in [4.78, 5) is 15.5. The van der Waals surface area contributed by atoms with Gasteiger partial charge in [-0.2, -0.15) is 0 Å². The summed E-state index contributed by atoms with van der Waals surface area (Å²) >= 11 is 3.52. The fourth-order valence-electron chi connectivity index (χ4n) is 4.09. The van der Waals surface area contributed by atoms with Gasteiger partial charge >= 0.3 is 0 Å². The first-order valence-corrected chi connectivity index (χ1v) is 11.4. The van der Waals surface area contributed by atoms with E-state index in [1.54, 1.807) is 21.3 Å². The number of nitrogens with zero attached hydrogens (tertiary/aromatic N) is 1. The Morgan fingerprint density at radius 3 is 2.27 bits per heavy atom. The van der Waals surface area contributed by atoms with Crippen LogP contribution in [0.2, 0.25) is 0 Å². The van der Waals surface area contributed by atoms with Gasteiger partial charge in [0.2, 0.25) is 0 Å². The lowest BCUT2D eigenvalue weighted by atomic mass is 9.91. The Balaban J connectivity index is 1.70. The summed E-state index contributed by atoms with van der Waals surface area (Å²) in [5.74, 6) is 2.72. The van der Waals surface area contributed by atoms with Crippen LogP contribution >= 0.6 is 15.9 Å². The molecule has 0 aromatic heterocycles. The minimum Gasteiger partial charge on any atom is -0.497 e. The Hall–Kier alpha value is -3.19. The minimum atomic E-state index is -0.296. The number of hydrogen-bond acceptors (Lipinski definition) is 5. The van der Waals surface area contributed by atoms with Gasteiger partial charge in [0, 0.05) is 11.0 Å². The van der Waals surface area contributed by atoms with Gasteiger partial charge in [0.05, 0.1) is 32.9 Å². The van der Waals surface area contributed by atoms with E-state index in [1.807, 2.05) is 65.6 Å². The second-order valence-corrected chi connectivity index (χ2v) is 8.49. The van der Waals surface area contributed by atoms with Crippen molar-refractivity contribution < 1.29 is 23.7 Å². The molecule has 172 valence electrons. The van der Waals surface area contributed by atoms with Crippen LogP contribution in [0.3, 0.4) is 0 Å². The van der Waals surface area contributed by atoms with Crippen LogP contribution in [0.4, 0.5) is 0 Å². The lowest BCUT2D eigenvalue weighted by Crippen LogP contribution is -2.42. The topological polar surface area (TPSA) is 57.2 Å². The second-order valence-electron chi connectivity index (χ2n) is 7.64. The van der Waals surface area contributed by atoms with E-state index in [0.29, 0.717) is 42.4 Å². The number of ether oxygens (including phenoxy) is 4. The third kappa shape index (κ3) is 4.78. The summed E-state index contributed by atoms with van der Waals surface area (Å²) in [7, 11) is 4.86. The van der Waals surface area contributed by atoms with Gasteiger partial charge in [0.1, 0.15) is 18.1 Å². The Kier molecular flexibility index (Phi) is 7.08. The zero-order chi connectivity index (χ0) is 23.4. The molecule has 33 heavy (non-hydrogen) atoms. The van der Waals surface area contributed by atoms with Crippen LogP contribution in [0.5, 0.6) is 23.0 Å². The van der Waals surface area contributed by atoms with Gasteiger partial charge in [-0.1, -0.05) is 12.1 Å². The van der Waals surface area contributed by atoms with Crippen LogP contribution in [-0.4, -0.2) is 45.3 Å². The average Bonchev–Trinajstić information content (AvgIpc) is 2.86. The maximum absolute atomic E-state index is 13.6. The standard InChI is InChI=1S/C26H26BrNO5/c1-30-18-8-10-19(11-9-18)33-16-23-21-15-25(32-3)24(31-2)14-17(21)12-13-28(23)26(29)20-6-4-5-7-22(20)27/h4-11,14-15,23H,12-13,16H2,1-3H3/t23-/m0/s1. The first kappa shape index (κ1) is 23.0. The van der Waals surface area contributed by atoms with E-state index in [9.17, 15) is 4.79 Å². The molecule has 3 aromatic carbocycles. The number of amides is 1. The molecular formula is C26H26BrNO5. The molecule has 7 heteroatoms. The maximum Gasteiger partial charge on any atom is 0.255 e. The van der Waals surface area contributed by atoms with Crippen molar-refractivity contribution in [2.45, 2.75) is 12.5 Å². The molecule has 1 aliphatic rings. The van der Waals surface area contributed by atoms with Crippen molar-refractivity contribution in [2.75, 3.05) is 34.5 Å². The van der Waals surface area contributed by atoms with E-state index in [1.165, 1.54) is 0 Å². The molecule has 1 amide bonds. The van der Waals surface area contributed by atoms with Crippen LogP contribution in [0.1, 0.15) is 27.5 Å². The number of benzene rings is 3. The first-order valence-electron chi connectivity index (χ1n) is 10.6. The van der Waals surface area contributed by atoms with Crippen LogP contribution in [0.15, 0.2) is 65.1 Å². The van der Waals surface area contributed by atoms with Crippen molar-refractivity contribution >= 4 is 21.8 Å². The molecule has 0 unspecified atom stereocenters. The van der Waals surface area contributed by atoms with Gasteiger partial charge in [-0.3, -0.25) is 4.79 Å².